The van der Waals surface area contributed by atoms with Crippen LogP contribution in [0, 0.1) is 5.41 Å². The summed E-state index contributed by atoms with van der Waals surface area (Å²) in [6.07, 6.45) is 4.23. The fraction of sp³-hybridized carbons (Fsp3) is 0.733. The van der Waals surface area contributed by atoms with Crippen LogP contribution in [0.3, 0.4) is 0 Å². The topological polar surface area (TPSA) is 37.8 Å². The first-order valence-electron chi connectivity index (χ1n) is 7.05. The number of aromatic nitrogens is 2. The summed E-state index contributed by atoms with van der Waals surface area (Å²) in [4.78, 5) is 9.24. The van der Waals surface area contributed by atoms with Crippen LogP contribution < -0.4 is 5.32 Å². The Bertz CT molecular complexity index is 342. The lowest BCUT2D eigenvalue weighted by atomic mass is 9.90. The molecule has 0 spiro atoms. The van der Waals surface area contributed by atoms with Crippen molar-refractivity contribution in [2.45, 2.75) is 60.3 Å². The van der Waals surface area contributed by atoms with Crippen LogP contribution in [-0.4, -0.2) is 16.5 Å². The molecule has 0 saturated heterocycles. The highest BCUT2D eigenvalue weighted by atomic mass is 15.0. The van der Waals surface area contributed by atoms with Gasteiger partial charge in [-0.15, -0.1) is 0 Å². The van der Waals surface area contributed by atoms with E-state index < -0.39 is 0 Å². The predicted molar refractivity (Wildman–Crippen MR) is 78.0 cm³/mol. The number of nitrogens with zero attached hydrogens (tertiary/aromatic N) is 2. The van der Waals surface area contributed by atoms with Crippen molar-refractivity contribution in [3.8, 4) is 0 Å². The number of hydrogen-bond acceptors (Lipinski definition) is 3. The van der Waals surface area contributed by atoms with Crippen molar-refractivity contribution in [2.24, 2.45) is 5.41 Å². The van der Waals surface area contributed by atoms with Crippen LogP contribution in [0.2, 0.25) is 0 Å². The van der Waals surface area contributed by atoms with Gasteiger partial charge in [0.2, 0.25) is 0 Å². The predicted octanol–water partition coefficient (Wildman–Crippen LogP) is 3.84. The molecule has 0 radical (unpaired) electrons. The highest BCUT2D eigenvalue weighted by Crippen LogP contribution is 2.21. The van der Waals surface area contributed by atoms with E-state index in [9.17, 15) is 0 Å². The standard InChI is InChI=1S/C15H27N3/c1-6-8-12-11-14(16-7-2)18-13(17-12)9-10-15(3,4)5/h11H,6-10H2,1-5H3,(H,16,17,18). The van der Waals surface area contributed by atoms with Crippen molar-refractivity contribution in [3.05, 3.63) is 17.6 Å². The normalized spacial score (nSPS) is 11.6. The van der Waals surface area contributed by atoms with E-state index in [0.717, 1.165) is 49.6 Å². The molecule has 1 N–H and O–H groups in total. The van der Waals surface area contributed by atoms with Gasteiger partial charge in [-0.25, -0.2) is 9.97 Å². The second-order valence-electron chi connectivity index (χ2n) is 6.00. The molecule has 3 nitrogen and oxygen atoms in total. The summed E-state index contributed by atoms with van der Waals surface area (Å²) in [5, 5.41) is 3.29. The second kappa shape index (κ2) is 6.72. The molecule has 3 heteroatoms. The monoisotopic (exact) mass is 249 g/mol. The quantitative estimate of drug-likeness (QED) is 0.832. The van der Waals surface area contributed by atoms with E-state index in [4.69, 9.17) is 0 Å². The van der Waals surface area contributed by atoms with Gasteiger partial charge >= 0.3 is 0 Å². The van der Waals surface area contributed by atoms with E-state index in [0.29, 0.717) is 5.41 Å². The largest absolute Gasteiger partial charge is 0.370 e. The number of rotatable bonds is 6. The lowest BCUT2D eigenvalue weighted by Crippen LogP contribution is -2.11. The summed E-state index contributed by atoms with van der Waals surface area (Å²) < 4.78 is 0. The van der Waals surface area contributed by atoms with E-state index in [1.807, 2.05) is 0 Å². The average Bonchev–Trinajstić information content (AvgIpc) is 2.26. The third-order valence-corrected chi connectivity index (χ3v) is 2.79. The van der Waals surface area contributed by atoms with Gasteiger partial charge in [0.25, 0.3) is 0 Å². The Balaban J connectivity index is 2.81. The highest BCUT2D eigenvalue weighted by Gasteiger charge is 2.12. The number of hydrogen-bond donors (Lipinski definition) is 1. The molecular weight excluding hydrogens is 222 g/mol. The van der Waals surface area contributed by atoms with Gasteiger partial charge in [-0.3, -0.25) is 0 Å². The van der Waals surface area contributed by atoms with E-state index in [-0.39, 0.29) is 0 Å². The van der Waals surface area contributed by atoms with Gasteiger partial charge in [-0.05, 0) is 25.2 Å². The fourth-order valence-corrected chi connectivity index (χ4v) is 1.81. The molecule has 0 saturated carbocycles. The molecule has 1 aromatic heterocycles. The molecule has 0 aliphatic carbocycles. The summed E-state index contributed by atoms with van der Waals surface area (Å²) in [7, 11) is 0. The van der Waals surface area contributed by atoms with Gasteiger partial charge in [0.1, 0.15) is 11.6 Å². The molecule has 0 aliphatic heterocycles. The molecule has 0 aromatic carbocycles. The first kappa shape index (κ1) is 14.9. The summed E-state index contributed by atoms with van der Waals surface area (Å²) in [6, 6.07) is 2.08. The molecule has 0 atom stereocenters. The lowest BCUT2D eigenvalue weighted by molar-refractivity contribution is 0.374. The Morgan fingerprint density at radius 1 is 1.11 bits per heavy atom. The summed E-state index contributed by atoms with van der Waals surface area (Å²) in [6.45, 7) is 12.0. The van der Waals surface area contributed by atoms with Gasteiger partial charge in [-0.1, -0.05) is 34.1 Å². The Kier molecular flexibility index (Phi) is 5.57. The van der Waals surface area contributed by atoms with Gasteiger partial charge in [0.15, 0.2) is 0 Å². The third-order valence-electron chi connectivity index (χ3n) is 2.79. The number of nitrogens with one attached hydrogen (secondary N) is 1. The van der Waals surface area contributed by atoms with E-state index in [1.54, 1.807) is 0 Å². The zero-order valence-corrected chi connectivity index (χ0v) is 12.5. The zero-order valence-electron chi connectivity index (χ0n) is 12.5. The van der Waals surface area contributed by atoms with Crippen molar-refractivity contribution in [2.75, 3.05) is 11.9 Å². The number of anilines is 1. The van der Waals surface area contributed by atoms with Crippen molar-refractivity contribution in [3.63, 3.8) is 0 Å². The summed E-state index contributed by atoms with van der Waals surface area (Å²) in [5.74, 6) is 1.95. The molecular formula is C15H27N3. The zero-order chi connectivity index (χ0) is 13.6. The van der Waals surface area contributed by atoms with Crippen LogP contribution in [0.25, 0.3) is 0 Å². The Hall–Kier alpha value is -1.12. The van der Waals surface area contributed by atoms with Crippen molar-refractivity contribution in [1.29, 1.82) is 0 Å². The lowest BCUT2D eigenvalue weighted by Gasteiger charge is -2.17. The van der Waals surface area contributed by atoms with E-state index in [1.165, 1.54) is 0 Å². The van der Waals surface area contributed by atoms with Crippen molar-refractivity contribution >= 4 is 5.82 Å². The SMILES string of the molecule is CCCc1cc(NCC)nc(CCC(C)(C)C)n1. The molecule has 1 aromatic rings. The maximum atomic E-state index is 4.66. The van der Waals surface area contributed by atoms with Crippen LogP contribution in [0.15, 0.2) is 6.07 Å². The van der Waals surface area contributed by atoms with E-state index >= 15 is 0 Å². The van der Waals surface area contributed by atoms with Gasteiger partial charge in [-0.2, -0.15) is 0 Å². The molecule has 0 aliphatic rings. The van der Waals surface area contributed by atoms with E-state index in [2.05, 4.69) is 56.0 Å². The van der Waals surface area contributed by atoms with Crippen molar-refractivity contribution in [1.82, 2.24) is 9.97 Å². The van der Waals surface area contributed by atoms with Crippen LogP contribution in [0.1, 0.15) is 59.0 Å². The fourth-order valence-electron chi connectivity index (χ4n) is 1.81. The average molecular weight is 249 g/mol. The molecule has 0 bridgehead atoms. The van der Waals surface area contributed by atoms with Crippen LogP contribution in [0.4, 0.5) is 5.82 Å². The molecule has 1 heterocycles. The molecule has 0 amide bonds. The summed E-state index contributed by atoms with van der Waals surface area (Å²) in [5.41, 5.74) is 1.50. The molecule has 18 heavy (non-hydrogen) atoms. The van der Waals surface area contributed by atoms with Gasteiger partial charge in [0, 0.05) is 24.7 Å². The van der Waals surface area contributed by atoms with Crippen LogP contribution in [-0.2, 0) is 12.8 Å². The Labute approximate surface area is 111 Å². The first-order chi connectivity index (χ1) is 8.44. The number of aryl methyl sites for hydroxylation is 2. The molecule has 102 valence electrons. The molecule has 0 unspecified atom stereocenters. The van der Waals surface area contributed by atoms with Gasteiger partial charge in [0.05, 0.1) is 0 Å². The minimum absolute atomic E-state index is 0.336. The molecule has 1 rings (SSSR count). The minimum Gasteiger partial charge on any atom is -0.370 e. The molecule has 0 fully saturated rings. The summed E-state index contributed by atoms with van der Waals surface area (Å²) >= 11 is 0. The minimum atomic E-state index is 0.336. The maximum absolute atomic E-state index is 4.66. The Morgan fingerprint density at radius 2 is 1.83 bits per heavy atom. The van der Waals surface area contributed by atoms with Gasteiger partial charge < -0.3 is 5.32 Å². The van der Waals surface area contributed by atoms with Crippen LogP contribution >= 0.6 is 0 Å². The Morgan fingerprint density at radius 3 is 2.39 bits per heavy atom. The van der Waals surface area contributed by atoms with Crippen molar-refractivity contribution < 1.29 is 0 Å². The third kappa shape index (κ3) is 5.48. The highest BCUT2D eigenvalue weighted by molar-refractivity contribution is 5.36. The first-order valence-corrected chi connectivity index (χ1v) is 7.05. The maximum Gasteiger partial charge on any atom is 0.131 e. The second-order valence-corrected chi connectivity index (χ2v) is 6.00. The smallest absolute Gasteiger partial charge is 0.131 e. The van der Waals surface area contributed by atoms with Crippen LogP contribution in [0.5, 0.6) is 0 Å².